The summed E-state index contributed by atoms with van der Waals surface area (Å²) in [5.74, 6) is -7.23. The van der Waals surface area contributed by atoms with Gasteiger partial charge in [-0.3, -0.25) is 0 Å². The lowest BCUT2D eigenvalue weighted by molar-refractivity contribution is -0.293. The van der Waals surface area contributed by atoms with E-state index < -0.39 is 89.3 Å². The molecular weight excluding hydrogens is 476 g/mol. The van der Waals surface area contributed by atoms with Crippen molar-refractivity contribution in [3.05, 3.63) is 35.4 Å². The third kappa shape index (κ3) is 5.25. The molecule has 0 aliphatic carbocycles. The predicted molar refractivity (Wildman–Crippen MR) is 110 cm³/mol. The van der Waals surface area contributed by atoms with Gasteiger partial charge in [0, 0.05) is 7.11 Å². The summed E-state index contributed by atoms with van der Waals surface area (Å²) < 4.78 is 20.4. The van der Waals surface area contributed by atoms with Crippen molar-refractivity contribution in [3.63, 3.8) is 0 Å². The Morgan fingerprint density at radius 1 is 0.800 bits per heavy atom. The minimum absolute atomic E-state index is 0.346. The summed E-state index contributed by atoms with van der Waals surface area (Å²) in [6.45, 7) is -0.663. The summed E-state index contributed by atoms with van der Waals surface area (Å²) in [6.07, 6.45) is -8.01. The van der Waals surface area contributed by atoms with Gasteiger partial charge in [-0.25, -0.2) is 9.59 Å². The van der Waals surface area contributed by atoms with Crippen molar-refractivity contribution in [2.24, 2.45) is 0 Å². The van der Waals surface area contributed by atoms with Gasteiger partial charge in [0.1, 0.15) is 24.9 Å². The number of hydrogen-bond donors (Lipinski definition) is 8. The fourth-order valence-corrected chi connectivity index (χ4v) is 3.25. The molecule has 0 unspecified atom stereocenters. The highest BCUT2D eigenvalue weighted by molar-refractivity contribution is 5.91. The molecule has 0 amide bonds. The third-order valence-corrected chi connectivity index (χ3v) is 5.11. The Morgan fingerprint density at radius 2 is 1.26 bits per heavy atom. The number of phenolic OH excluding ortho intramolecular Hbond substituents is 6. The number of phenols is 6. The lowest BCUT2D eigenvalue weighted by atomic mass is 9.98. The summed E-state index contributed by atoms with van der Waals surface area (Å²) in [5, 5.41) is 78.0. The monoisotopic (exact) mass is 498 g/mol. The van der Waals surface area contributed by atoms with Crippen LogP contribution in [-0.2, 0) is 18.9 Å². The molecule has 35 heavy (non-hydrogen) atoms. The normalized spacial score (nSPS) is 24.0. The van der Waals surface area contributed by atoms with Crippen molar-refractivity contribution in [1.29, 1.82) is 0 Å². The van der Waals surface area contributed by atoms with E-state index in [1.807, 2.05) is 0 Å². The second-order valence-electron chi connectivity index (χ2n) is 7.45. The standard InChI is InChI=1S/C21H22O14/c1-32-21-17(29)18(35-20(31)8-4-11(24)15(27)12(25)5-8)16(28)13(34-21)6-33-19(30)7-2-9(22)14(26)10(23)3-7/h2-5,13,16-18,21-29H,6H2,1H3/t13-,16-,17-,18+,21-/m1/s1. The quantitative estimate of drug-likeness (QED) is 0.183. The van der Waals surface area contributed by atoms with E-state index in [0.717, 1.165) is 31.4 Å². The molecule has 190 valence electrons. The van der Waals surface area contributed by atoms with E-state index in [1.54, 1.807) is 0 Å². The summed E-state index contributed by atoms with van der Waals surface area (Å²) in [6, 6.07) is 3.21. The van der Waals surface area contributed by atoms with Crippen LogP contribution in [0.25, 0.3) is 0 Å². The molecule has 2 aromatic carbocycles. The molecule has 2 aromatic rings. The first-order valence-electron chi connectivity index (χ1n) is 9.87. The van der Waals surface area contributed by atoms with Crippen molar-refractivity contribution >= 4 is 11.9 Å². The fraction of sp³-hybridized carbons (Fsp3) is 0.333. The first-order valence-corrected chi connectivity index (χ1v) is 9.87. The maximum atomic E-state index is 12.5. The van der Waals surface area contributed by atoms with E-state index in [4.69, 9.17) is 18.9 Å². The van der Waals surface area contributed by atoms with E-state index in [-0.39, 0.29) is 5.56 Å². The molecule has 1 fully saturated rings. The van der Waals surface area contributed by atoms with Crippen molar-refractivity contribution in [2.45, 2.75) is 30.7 Å². The van der Waals surface area contributed by atoms with Gasteiger partial charge in [-0.1, -0.05) is 0 Å². The van der Waals surface area contributed by atoms with Crippen LogP contribution in [0.5, 0.6) is 34.5 Å². The zero-order valence-electron chi connectivity index (χ0n) is 17.9. The van der Waals surface area contributed by atoms with Crippen molar-refractivity contribution in [3.8, 4) is 34.5 Å². The second-order valence-corrected chi connectivity index (χ2v) is 7.45. The molecule has 14 heteroatoms. The average Bonchev–Trinajstić information content (AvgIpc) is 2.82. The van der Waals surface area contributed by atoms with E-state index in [2.05, 4.69) is 0 Å². The maximum Gasteiger partial charge on any atom is 0.338 e. The Bertz CT molecular complexity index is 1070. The molecule has 1 aliphatic rings. The predicted octanol–water partition coefficient (Wildman–Crippen LogP) is -0.604. The van der Waals surface area contributed by atoms with Gasteiger partial charge in [-0.05, 0) is 24.3 Å². The minimum atomic E-state index is -1.77. The molecule has 0 spiro atoms. The van der Waals surface area contributed by atoms with E-state index in [0.29, 0.717) is 0 Å². The Morgan fingerprint density at radius 3 is 1.71 bits per heavy atom. The molecule has 3 rings (SSSR count). The number of hydrogen-bond acceptors (Lipinski definition) is 14. The summed E-state index contributed by atoms with van der Waals surface area (Å²) in [7, 11) is 1.14. The van der Waals surface area contributed by atoms with Crippen molar-refractivity contribution in [1.82, 2.24) is 0 Å². The molecule has 14 nitrogen and oxygen atoms in total. The number of aliphatic hydroxyl groups excluding tert-OH is 2. The average molecular weight is 498 g/mol. The highest BCUT2D eigenvalue weighted by Gasteiger charge is 2.47. The first kappa shape index (κ1) is 25.6. The molecule has 0 aromatic heterocycles. The third-order valence-electron chi connectivity index (χ3n) is 5.11. The molecule has 0 saturated carbocycles. The highest BCUT2D eigenvalue weighted by atomic mass is 16.7. The summed E-state index contributed by atoms with van der Waals surface area (Å²) >= 11 is 0. The van der Waals surface area contributed by atoms with Crippen LogP contribution in [0.3, 0.4) is 0 Å². The van der Waals surface area contributed by atoms with E-state index >= 15 is 0 Å². The van der Waals surface area contributed by atoms with E-state index in [9.17, 15) is 50.4 Å². The zero-order valence-corrected chi connectivity index (χ0v) is 17.9. The summed E-state index contributed by atoms with van der Waals surface area (Å²) in [5.41, 5.74) is -0.770. The van der Waals surface area contributed by atoms with Crippen molar-refractivity contribution in [2.75, 3.05) is 13.7 Å². The number of esters is 2. The topological polar surface area (TPSA) is 233 Å². The second kappa shape index (κ2) is 10.1. The van der Waals surface area contributed by atoms with Gasteiger partial charge in [0.2, 0.25) is 0 Å². The van der Waals surface area contributed by atoms with Gasteiger partial charge in [-0.2, -0.15) is 0 Å². The first-order chi connectivity index (χ1) is 16.4. The largest absolute Gasteiger partial charge is 0.504 e. The van der Waals surface area contributed by atoms with Crippen LogP contribution in [0, 0.1) is 0 Å². The number of methoxy groups -OCH3 is 1. The van der Waals surface area contributed by atoms with E-state index in [1.165, 1.54) is 0 Å². The van der Waals surface area contributed by atoms with Gasteiger partial charge < -0.3 is 59.8 Å². The molecule has 1 heterocycles. The number of rotatable bonds is 6. The number of aliphatic hydroxyl groups is 2. The van der Waals surface area contributed by atoms with Gasteiger partial charge in [0.15, 0.2) is 46.9 Å². The highest BCUT2D eigenvalue weighted by Crippen LogP contribution is 2.37. The molecule has 1 aliphatic heterocycles. The molecule has 1 saturated heterocycles. The molecular formula is C21H22O14. The minimum Gasteiger partial charge on any atom is -0.504 e. The lowest BCUT2D eigenvalue weighted by Crippen LogP contribution is -2.60. The zero-order chi connectivity index (χ0) is 26.0. The number of ether oxygens (including phenoxy) is 4. The Labute approximate surface area is 196 Å². The lowest BCUT2D eigenvalue weighted by Gasteiger charge is -2.41. The Kier molecular flexibility index (Phi) is 7.40. The fourth-order valence-electron chi connectivity index (χ4n) is 3.25. The number of carbonyl (C=O) groups is 2. The van der Waals surface area contributed by atoms with Gasteiger partial charge in [0.05, 0.1) is 11.1 Å². The Hall–Kier alpha value is -3.98. The van der Waals surface area contributed by atoms with Crippen LogP contribution in [0.15, 0.2) is 24.3 Å². The van der Waals surface area contributed by atoms with Crippen LogP contribution in [-0.4, -0.2) is 97.2 Å². The van der Waals surface area contributed by atoms with Crippen LogP contribution in [0.4, 0.5) is 0 Å². The van der Waals surface area contributed by atoms with Crippen LogP contribution >= 0.6 is 0 Å². The molecule has 5 atom stereocenters. The van der Waals surface area contributed by atoms with Crippen LogP contribution < -0.4 is 0 Å². The van der Waals surface area contributed by atoms with Crippen LogP contribution in [0.2, 0.25) is 0 Å². The van der Waals surface area contributed by atoms with Crippen molar-refractivity contribution < 1.29 is 69.4 Å². The molecule has 8 N–H and O–H groups in total. The molecule has 0 bridgehead atoms. The smallest absolute Gasteiger partial charge is 0.338 e. The van der Waals surface area contributed by atoms with Gasteiger partial charge in [0.25, 0.3) is 0 Å². The maximum absolute atomic E-state index is 12.5. The number of carbonyl (C=O) groups excluding carboxylic acids is 2. The summed E-state index contributed by atoms with van der Waals surface area (Å²) in [4.78, 5) is 24.7. The molecule has 0 radical (unpaired) electrons. The number of benzene rings is 2. The van der Waals surface area contributed by atoms with Gasteiger partial charge >= 0.3 is 11.9 Å². The Balaban J connectivity index is 1.74. The van der Waals surface area contributed by atoms with Gasteiger partial charge in [-0.15, -0.1) is 0 Å². The SMILES string of the molecule is CO[C@@H]1O[C@H](COC(=O)c2cc(O)c(O)c(O)c2)[C@@H](O)[C@H](OC(=O)c2cc(O)c(O)c(O)c2)[C@H]1O. The van der Waals surface area contributed by atoms with Crippen LogP contribution in [0.1, 0.15) is 20.7 Å². The number of aromatic hydroxyl groups is 6.